The maximum absolute atomic E-state index is 12.9. The maximum Gasteiger partial charge on any atom is 0.534 e. The molecule has 1 heterocycles. The normalized spacial score (nSPS) is 12.8. The first-order valence-electron chi connectivity index (χ1n) is 15.6. The Bertz CT molecular complexity index is 1640. The van der Waals surface area contributed by atoms with E-state index in [9.17, 15) is 22.8 Å². The fraction of sp³-hybridized carbons (Fsp3) is 0.378. The van der Waals surface area contributed by atoms with Crippen molar-refractivity contribution in [3.8, 4) is 17.2 Å². The first kappa shape index (κ1) is 38.4. The van der Waals surface area contributed by atoms with E-state index in [1.807, 2.05) is 43.3 Å². The van der Waals surface area contributed by atoms with Crippen molar-refractivity contribution in [1.82, 2.24) is 10.0 Å². The molecule has 0 saturated carbocycles. The van der Waals surface area contributed by atoms with Gasteiger partial charge in [0.1, 0.15) is 22.7 Å². The van der Waals surface area contributed by atoms with Crippen LogP contribution in [0.25, 0.3) is 17.0 Å². The van der Waals surface area contributed by atoms with Crippen LogP contribution in [-0.4, -0.2) is 46.6 Å². The second-order valence-corrected chi connectivity index (χ2v) is 13.0. The van der Waals surface area contributed by atoms with Crippen molar-refractivity contribution in [3.05, 3.63) is 101 Å². The lowest BCUT2D eigenvalue weighted by molar-refractivity contribution is -0.137. The van der Waals surface area contributed by atoms with Gasteiger partial charge in [0.2, 0.25) is 5.89 Å². The number of carbonyl (C=O) groups excluding carboxylic acids is 2. The third-order valence-electron chi connectivity index (χ3n) is 6.42. The van der Waals surface area contributed by atoms with Gasteiger partial charge in [-0.25, -0.2) is 14.6 Å². The topological polar surface area (TPSA) is 100 Å². The van der Waals surface area contributed by atoms with Gasteiger partial charge in [-0.2, -0.15) is 13.2 Å². The molecule has 49 heavy (non-hydrogen) atoms. The van der Waals surface area contributed by atoms with Gasteiger partial charge >= 0.3 is 18.4 Å². The Morgan fingerprint density at radius 3 is 2.10 bits per heavy atom. The van der Waals surface area contributed by atoms with Crippen molar-refractivity contribution in [1.29, 1.82) is 0 Å². The number of nitrogens with zero attached hydrogens (tertiary/aromatic N) is 2. The number of carbonyl (C=O) groups is 2. The second kappa shape index (κ2) is 16.4. The molecule has 0 aliphatic heterocycles. The highest BCUT2D eigenvalue weighted by atomic mass is 19.4. The van der Waals surface area contributed by atoms with E-state index in [4.69, 9.17) is 23.5 Å². The molecule has 0 spiro atoms. The lowest BCUT2D eigenvalue weighted by Crippen LogP contribution is -2.39. The number of alkyl halides is 3. The van der Waals surface area contributed by atoms with Crippen LogP contribution in [0.2, 0.25) is 0 Å². The van der Waals surface area contributed by atoms with Crippen molar-refractivity contribution in [2.45, 2.75) is 79.2 Å². The summed E-state index contributed by atoms with van der Waals surface area (Å²) in [6.45, 7) is 14.2. The van der Waals surface area contributed by atoms with Gasteiger partial charge < -0.3 is 18.6 Å². The molecule has 0 radical (unpaired) electrons. The van der Waals surface area contributed by atoms with Crippen molar-refractivity contribution >= 4 is 17.8 Å². The number of hydroxylamine groups is 2. The van der Waals surface area contributed by atoms with Gasteiger partial charge in [0.05, 0.1) is 24.4 Å². The predicted molar refractivity (Wildman–Crippen MR) is 180 cm³/mol. The Morgan fingerprint density at radius 1 is 0.878 bits per heavy atom. The number of ether oxygens (including phenoxy) is 3. The van der Waals surface area contributed by atoms with E-state index >= 15 is 0 Å². The molecule has 264 valence electrons. The first-order chi connectivity index (χ1) is 22.8. The molecule has 0 unspecified atom stereocenters. The molecule has 1 amide bonds. The van der Waals surface area contributed by atoms with Crippen LogP contribution in [0.4, 0.5) is 22.8 Å². The number of hydrogen-bond acceptors (Lipinski definition) is 8. The number of rotatable bonds is 10. The lowest BCUT2D eigenvalue weighted by Gasteiger charge is -2.26. The number of benzene rings is 2. The number of allylic oxidation sites excluding steroid dienone is 5. The molecular weight excluding hydrogens is 641 g/mol. The Balaban J connectivity index is 1.51. The van der Waals surface area contributed by atoms with Gasteiger partial charge in [-0.3, -0.25) is 4.84 Å². The maximum atomic E-state index is 12.9. The summed E-state index contributed by atoms with van der Waals surface area (Å²) >= 11 is 0. The highest BCUT2D eigenvalue weighted by molar-refractivity contribution is 5.70. The van der Waals surface area contributed by atoms with E-state index in [-0.39, 0.29) is 12.4 Å². The molecule has 3 rings (SSSR count). The summed E-state index contributed by atoms with van der Waals surface area (Å²) < 4.78 is 60.6. The summed E-state index contributed by atoms with van der Waals surface area (Å²) in [5.74, 6) is 1.50. The van der Waals surface area contributed by atoms with Crippen molar-refractivity contribution < 1.29 is 46.2 Å². The molecule has 0 fully saturated rings. The van der Waals surface area contributed by atoms with Crippen molar-refractivity contribution in [2.24, 2.45) is 0 Å². The van der Waals surface area contributed by atoms with Crippen LogP contribution in [0, 0.1) is 6.92 Å². The first-order valence-corrected chi connectivity index (χ1v) is 15.6. The highest BCUT2D eigenvalue weighted by Gasteiger charge is 2.30. The number of oxazole rings is 1. The SMILES string of the molecule is C\C(=C/C=C/C=C/CN(OC(=O)OC(C)(C)C)C(=O)OC(C)(C)C)c1ccc(OCCc2nc(-c3ccc(C(F)(F)F)cc3)oc2C)cc1. The predicted octanol–water partition coefficient (Wildman–Crippen LogP) is 9.91. The smallest absolute Gasteiger partial charge is 0.493 e. The van der Waals surface area contributed by atoms with Crippen molar-refractivity contribution in [2.75, 3.05) is 13.2 Å². The largest absolute Gasteiger partial charge is 0.534 e. The summed E-state index contributed by atoms with van der Waals surface area (Å²) in [4.78, 5) is 34.2. The third-order valence-corrected chi connectivity index (χ3v) is 6.42. The highest BCUT2D eigenvalue weighted by Crippen LogP contribution is 2.31. The van der Waals surface area contributed by atoms with Crippen LogP contribution in [0.3, 0.4) is 0 Å². The minimum absolute atomic E-state index is 0.0564. The van der Waals surface area contributed by atoms with Gasteiger partial charge in [0.25, 0.3) is 0 Å². The molecule has 2 aromatic carbocycles. The zero-order chi connectivity index (χ0) is 36.4. The second-order valence-electron chi connectivity index (χ2n) is 13.0. The average molecular weight is 685 g/mol. The molecule has 0 N–H and O–H groups in total. The quantitative estimate of drug-likeness (QED) is 0.118. The van der Waals surface area contributed by atoms with E-state index in [0.29, 0.717) is 35.8 Å². The average Bonchev–Trinajstić information content (AvgIpc) is 3.36. The van der Waals surface area contributed by atoms with Gasteiger partial charge in [-0.15, -0.1) is 5.06 Å². The van der Waals surface area contributed by atoms with E-state index in [1.54, 1.807) is 66.7 Å². The Hall–Kier alpha value is -5.00. The third kappa shape index (κ3) is 13.2. The molecule has 0 aliphatic rings. The minimum atomic E-state index is -4.41. The fourth-order valence-corrected chi connectivity index (χ4v) is 4.08. The molecular formula is C37H43F3N2O7. The molecule has 1 aromatic heterocycles. The van der Waals surface area contributed by atoms with Crippen LogP contribution in [0.15, 0.2) is 83.3 Å². The summed E-state index contributed by atoms with van der Waals surface area (Å²) in [7, 11) is 0. The zero-order valence-corrected chi connectivity index (χ0v) is 29.0. The van der Waals surface area contributed by atoms with Crippen LogP contribution < -0.4 is 4.74 Å². The standard InChI is InChI=1S/C37H43F3N2O7/c1-25(13-11-9-10-12-23-42(33(43)47-35(3,4)5)49-34(44)48-36(6,7)8)27-16-20-30(21-17-27)45-24-22-31-26(2)46-32(41-31)28-14-18-29(19-15-28)37(38,39)40/h9-21H,22-24H2,1-8H3/b11-9+,12-10+,25-13+. The fourth-order valence-electron chi connectivity index (χ4n) is 4.08. The summed E-state index contributed by atoms with van der Waals surface area (Å²) in [6, 6.07) is 12.3. The summed E-state index contributed by atoms with van der Waals surface area (Å²) in [5, 5.41) is 0.793. The molecule has 0 saturated heterocycles. The number of amides is 1. The molecule has 3 aromatic rings. The monoisotopic (exact) mass is 684 g/mol. The summed E-state index contributed by atoms with van der Waals surface area (Å²) in [6.07, 6.45) is 3.08. The Labute approximate surface area is 285 Å². The lowest BCUT2D eigenvalue weighted by atomic mass is 10.1. The number of hydrogen-bond donors (Lipinski definition) is 0. The van der Waals surface area contributed by atoms with Gasteiger partial charge in [0.15, 0.2) is 0 Å². The molecule has 12 heteroatoms. The van der Waals surface area contributed by atoms with E-state index < -0.39 is 35.2 Å². The summed E-state index contributed by atoms with van der Waals surface area (Å²) in [5.41, 5.74) is 0.797. The van der Waals surface area contributed by atoms with Crippen LogP contribution >= 0.6 is 0 Å². The van der Waals surface area contributed by atoms with Gasteiger partial charge in [-0.05, 0) is 103 Å². The number of halogens is 3. The van der Waals surface area contributed by atoms with Gasteiger partial charge in [0, 0.05) is 12.0 Å². The van der Waals surface area contributed by atoms with Gasteiger partial charge in [-0.1, -0.05) is 42.5 Å². The van der Waals surface area contributed by atoms with E-state index in [0.717, 1.165) is 28.3 Å². The van der Waals surface area contributed by atoms with E-state index in [2.05, 4.69) is 4.98 Å². The van der Waals surface area contributed by atoms with Crippen LogP contribution in [0.1, 0.15) is 71.0 Å². The zero-order valence-electron chi connectivity index (χ0n) is 29.0. The molecule has 0 atom stereocenters. The number of aryl methyl sites for hydroxylation is 1. The van der Waals surface area contributed by atoms with Crippen molar-refractivity contribution in [3.63, 3.8) is 0 Å². The van der Waals surface area contributed by atoms with Crippen LogP contribution in [0.5, 0.6) is 5.75 Å². The Morgan fingerprint density at radius 2 is 1.51 bits per heavy atom. The van der Waals surface area contributed by atoms with E-state index in [1.165, 1.54) is 12.1 Å². The molecule has 0 aliphatic carbocycles. The van der Waals surface area contributed by atoms with Crippen LogP contribution in [-0.2, 0) is 26.9 Å². The number of aromatic nitrogens is 1. The molecule has 0 bridgehead atoms. The Kier molecular flexibility index (Phi) is 12.9. The molecule has 9 nitrogen and oxygen atoms in total. The minimum Gasteiger partial charge on any atom is -0.493 e.